The molecule has 0 bridgehead atoms. The van der Waals surface area contributed by atoms with Crippen LogP contribution in [0, 0.1) is 0 Å². The van der Waals surface area contributed by atoms with E-state index >= 15 is 0 Å². The van der Waals surface area contributed by atoms with Gasteiger partial charge in [0.15, 0.2) is 0 Å². The van der Waals surface area contributed by atoms with Gasteiger partial charge in [-0.15, -0.1) is 0 Å². The second-order valence-electron chi connectivity index (χ2n) is 6.38. The summed E-state index contributed by atoms with van der Waals surface area (Å²) in [6.45, 7) is 1.36. The summed E-state index contributed by atoms with van der Waals surface area (Å²) in [5, 5.41) is 14.5. The van der Waals surface area contributed by atoms with Crippen LogP contribution in [-0.2, 0) is 11.3 Å². The lowest BCUT2D eigenvalue weighted by Crippen LogP contribution is -2.41. The molecule has 1 aliphatic heterocycles. The van der Waals surface area contributed by atoms with Crippen LogP contribution in [0.5, 0.6) is 0 Å². The van der Waals surface area contributed by atoms with Crippen molar-refractivity contribution < 1.29 is 14.3 Å². The molecule has 6 heteroatoms. The first kappa shape index (κ1) is 16.8. The van der Waals surface area contributed by atoms with Gasteiger partial charge in [-0.2, -0.15) is 5.10 Å². The van der Waals surface area contributed by atoms with Gasteiger partial charge in [0.2, 0.25) is 5.91 Å². The highest BCUT2D eigenvalue weighted by atomic mass is 16.4. The van der Waals surface area contributed by atoms with Crippen molar-refractivity contribution in [3.05, 3.63) is 42.6 Å². The van der Waals surface area contributed by atoms with Crippen LogP contribution in [0.2, 0.25) is 0 Å². The number of likely N-dealkylation sites (tertiary alicyclic amines) is 1. The molecule has 2 unspecified atom stereocenters. The summed E-state index contributed by atoms with van der Waals surface area (Å²) in [6.07, 6.45) is 9.66. The summed E-state index contributed by atoms with van der Waals surface area (Å²) in [4.78, 5) is 14.7. The van der Waals surface area contributed by atoms with Crippen molar-refractivity contribution in [3.63, 3.8) is 0 Å². The van der Waals surface area contributed by atoms with Gasteiger partial charge in [0.1, 0.15) is 11.9 Å². The maximum atomic E-state index is 12.7. The Bertz CT molecular complexity index is 610. The molecule has 3 rings (SSSR count). The first-order valence-corrected chi connectivity index (χ1v) is 8.72. The predicted octanol–water partition coefficient (Wildman–Crippen LogP) is 2.76. The number of amides is 1. The second-order valence-corrected chi connectivity index (χ2v) is 6.38. The first-order valence-electron chi connectivity index (χ1n) is 8.72. The number of furan rings is 1. The van der Waals surface area contributed by atoms with E-state index in [0.29, 0.717) is 25.1 Å². The Hall–Kier alpha value is -2.08. The molecule has 2 atom stereocenters. The van der Waals surface area contributed by atoms with E-state index in [1.54, 1.807) is 29.3 Å². The molecule has 24 heavy (non-hydrogen) atoms. The zero-order valence-corrected chi connectivity index (χ0v) is 13.9. The topological polar surface area (TPSA) is 71.5 Å². The number of hydrogen-bond acceptors (Lipinski definition) is 4. The van der Waals surface area contributed by atoms with Crippen LogP contribution in [-0.4, -0.2) is 38.3 Å². The van der Waals surface area contributed by atoms with Crippen molar-refractivity contribution in [2.45, 2.75) is 57.2 Å². The molecule has 0 aliphatic carbocycles. The molecule has 1 saturated heterocycles. The third-order valence-corrected chi connectivity index (χ3v) is 4.68. The number of hydrogen-bond donors (Lipinski definition) is 1. The van der Waals surface area contributed by atoms with Crippen LogP contribution in [0.4, 0.5) is 0 Å². The zero-order chi connectivity index (χ0) is 16.8. The molecular formula is C18H25N3O3. The van der Waals surface area contributed by atoms with Gasteiger partial charge >= 0.3 is 0 Å². The van der Waals surface area contributed by atoms with Crippen molar-refractivity contribution in [2.75, 3.05) is 6.54 Å². The smallest absolute Gasteiger partial charge is 0.224 e. The Kier molecular flexibility index (Phi) is 5.69. The van der Waals surface area contributed by atoms with Gasteiger partial charge in [-0.3, -0.25) is 9.48 Å². The molecule has 130 valence electrons. The number of aryl methyl sites for hydroxylation is 1. The fourth-order valence-electron chi connectivity index (χ4n) is 3.39. The first-order chi connectivity index (χ1) is 11.7. The van der Waals surface area contributed by atoms with E-state index in [9.17, 15) is 9.90 Å². The van der Waals surface area contributed by atoms with E-state index in [1.165, 1.54) is 0 Å². The van der Waals surface area contributed by atoms with E-state index in [1.807, 2.05) is 17.2 Å². The molecule has 2 aromatic heterocycles. The van der Waals surface area contributed by atoms with Crippen LogP contribution >= 0.6 is 0 Å². The van der Waals surface area contributed by atoms with Crippen LogP contribution in [0.25, 0.3) is 0 Å². The minimum Gasteiger partial charge on any atom is -0.467 e. The maximum absolute atomic E-state index is 12.7. The Labute approximate surface area is 142 Å². The van der Waals surface area contributed by atoms with Gasteiger partial charge in [-0.05, 0) is 31.0 Å². The monoisotopic (exact) mass is 331 g/mol. The quantitative estimate of drug-likeness (QED) is 0.883. The molecule has 3 heterocycles. The highest BCUT2D eigenvalue weighted by Crippen LogP contribution is 2.27. The van der Waals surface area contributed by atoms with Gasteiger partial charge in [-0.1, -0.05) is 12.8 Å². The summed E-state index contributed by atoms with van der Waals surface area (Å²) in [7, 11) is 0. The van der Waals surface area contributed by atoms with Gasteiger partial charge in [0.25, 0.3) is 0 Å². The molecular weight excluding hydrogens is 306 g/mol. The van der Waals surface area contributed by atoms with E-state index in [2.05, 4.69) is 5.10 Å². The maximum Gasteiger partial charge on any atom is 0.224 e. The molecule has 1 amide bonds. The van der Waals surface area contributed by atoms with E-state index < -0.39 is 6.10 Å². The van der Waals surface area contributed by atoms with Crippen LogP contribution in [0.15, 0.2) is 41.3 Å². The number of carbonyl (C=O) groups excluding carboxylic acids is 1. The Morgan fingerprint density at radius 1 is 1.38 bits per heavy atom. The standard InChI is InChI=1S/C18H25N3O3/c22-16(17-7-4-13-24-17)14-15-6-2-1-3-11-21(15)18(23)8-12-20-10-5-9-19-20/h4-5,7,9-10,13,15-16,22H,1-3,6,8,11-12,14H2. The van der Waals surface area contributed by atoms with E-state index in [4.69, 9.17) is 4.42 Å². The molecule has 1 fully saturated rings. The molecule has 0 spiro atoms. The fourth-order valence-corrected chi connectivity index (χ4v) is 3.39. The number of rotatable bonds is 6. The summed E-state index contributed by atoms with van der Waals surface area (Å²) < 4.78 is 7.08. The highest BCUT2D eigenvalue weighted by Gasteiger charge is 2.28. The van der Waals surface area contributed by atoms with Crippen molar-refractivity contribution in [1.29, 1.82) is 0 Å². The lowest BCUT2D eigenvalue weighted by molar-refractivity contribution is -0.134. The highest BCUT2D eigenvalue weighted by molar-refractivity contribution is 5.76. The van der Waals surface area contributed by atoms with Crippen molar-refractivity contribution >= 4 is 5.91 Å². The average Bonchev–Trinajstić information content (AvgIpc) is 3.24. The van der Waals surface area contributed by atoms with Gasteiger partial charge in [0.05, 0.1) is 6.26 Å². The third-order valence-electron chi connectivity index (χ3n) is 4.68. The normalized spacial score (nSPS) is 19.9. The predicted molar refractivity (Wildman–Crippen MR) is 89.1 cm³/mol. The van der Waals surface area contributed by atoms with Gasteiger partial charge < -0.3 is 14.4 Å². The lowest BCUT2D eigenvalue weighted by Gasteiger charge is -2.31. The molecule has 6 nitrogen and oxygen atoms in total. The molecule has 0 aromatic carbocycles. The number of nitrogens with zero attached hydrogens (tertiary/aromatic N) is 3. The fraction of sp³-hybridized carbons (Fsp3) is 0.556. The zero-order valence-electron chi connectivity index (χ0n) is 13.9. The molecule has 1 N–H and O–H groups in total. The number of aliphatic hydroxyl groups excluding tert-OH is 1. The number of aliphatic hydroxyl groups is 1. The van der Waals surface area contributed by atoms with Crippen LogP contribution in [0.1, 0.15) is 50.4 Å². The average molecular weight is 331 g/mol. The molecule has 1 aliphatic rings. The summed E-state index contributed by atoms with van der Waals surface area (Å²) >= 11 is 0. The molecule has 0 radical (unpaired) electrons. The van der Waals surface area contributed by atoms with Crippen molar-refractivity contribution in [2.24, 2.45) is 0 Å². The van der Waals surface area contributed by atoms with Crippen LogP contribution < -0.4 is 0 Å². The molecule has 0 saturated carbocycles. The third kappa shape index (κ3) is 4.26. The largest absolute Gasteiger partial charge is 0.467 e. The van der Waals surface area contributed by atoms with E-state index in [0.717, 1.165) is 32.2 Å². The minimum absolute atomic E-state index is 0.0673. The van der Waals surface area contributed by atoms with Gasteiger partial charge in [0, 0.05) is 44.4 Å². The number of carbonyl (C=O) groups is 1. The lowest BCUT2D eigenvalue weighted by atomic mass is 10.0. The summed E-state index contributed by atoms with van der Waals surface area (Å²) in [6, 6.07) is 5.49. The SMILES string of the molecule is O=C(CCn1cccn1)N1CCCCCC1CC(O)c1ccco1. The second kappa shape index (κ2) is 8.15. The molecule has 2 aromatic rings. The van der Waals surface area contributed by atoms with Crippen molar-refractivity contribution in [1.82, 2.24) is 14.7 Å². The van der Waals surface area contributed by atoms with Crippen LogP contribution in [0.3, 0.4) is 0 Å². The summed E-state index contributed by atoms with van der Waals surface area (Å²) in [5.74, 6) is 0.715. The number of aromatic nitrogens is 2. The van der Waals surface area contributed by atoms with Crippen molar-refractivity contribution in [3.8, 4) is 0 Å². The summed E-state index contributed by atoms with van der Waals surface area (Å²) in [5.41, 5.74) is 0. The van der Waals surface area contributed by atoms with Gasteiger partial charge in [-0.25, -0.2) is 0 Å². The minimum atomic E-state index is -0.662. The Morgan fingerprint density at radius 3 is 3.04 bits per heavy atom. The van der Waals surface area contributed by atoms with E-state index in [-0.39, 0.29) is 11.9 Å². The Morgan fingerprint density at radius 2 is 2.29 bits per heavy atom. The Balaban J connectivity index is 1.61.